The molecule has 0 aromatic carbocycles. The molecule has 1 atom stereocenters. The number of nitrogens with two attached hydrogens (primary N) is 1. The lowest BCUT2D eigenvalue weighted by molar-refractivity contribution is 0.564. The van der Waals surface area contributed by atoms with Crippen molar-refractivity contribution in [2.75, 3.05) is 0 Å². The molecule has 0 bridgehead atoms. The van der Waals surface area contributed by atoms with Gasteiger partial charge in [-0.15, -0.1) is 22.7 Å². The van der Waals surface area contributed by atoms with Crippen LogP contribution in [0, 0.1) is 0 Å². The first kappa shape index (κ1) is 14.5. The summed E-state index contributed by atoms with van der Waals surface area (Å²) >= 11 is 9.58. The van der Waals surface area contributed by atoms with E-state index in [4.69, 9.17) is 17.4 Å². The molecule has 108 valence electrons. The van der Waals surface area contributed by atoms with Crippen molar-refractivity contribution in [1.82, 2.24) is 5.43 Å². The molecule has 5 heteroatoms. The Labute approximate surface area is 132 Å². The summed E-state index contributed by atoms with van der Waals surface area (Å²) in [5.41, 5.74) is 4.52. The number of hydrazine groups is 1. The number of hydrogen-bond acceptors (Lipinski definition) is 4. The Morgan fingerprint density at radius 2 is 2.05 bits per heavy atom. The van der Waals surface area contributed by atoms with Gasteiger partial charge in [0.15, 0.2) is 0 Å². The zero-order valence-electron chi connectivity index (χ0n) is 11.3. The van der Waals surface area contributed by atoms with Gasteiger partial charge in [-0.05, 0) is 49.4 Å². The van der Waals surface area contributed by atoms with Crippen LogP contribution in [0.5, 0.6) is 0 Å². The van der Waals surface area contributed by atoms with Crippen molar-refractivity contribution in [3.8, 4) is 0 Å². The van der Waals surface area contributed by atoms with Gasteiger partial charge in [-0.25, -0.2) is 0 Å². The maximum absolute atomic E-state index is 6.00. The average Bonchev–Trinajstić information content (AvgIpc) is 2.97. The van der Waals surface area contributed by atoms with Crippen LogP contribution in [0.4, 0.5) is 0 Å². The van der Waals surface area contributed by atoms with Crippen molar-refractivity contribution in [2.24, 2.45) is 5.84 Å². The van der Waals surface area contributed by atoms with E-state index in [-0.39, 0.29) is 6.04 Å². The number of aryl methyl sites for hydroxylation is 2. The SMILES string of the molecule is NNC(Cc1ccc(Cl)s1)c1cc2c(s1)CCCCC2. The molecule has 0 aliphatic heterocycles. The lowest BCUT2D eigenvalue weighted by Gasteiger charge is -2.13. The van der Waals surface area contributed by atoms with Crippen molar-refractivity contribution in [1.29, 1.82) is 0 Å². The highest BCUT2D eigenvalue weighted by atomic mass is 35.5. The molecule has 2 nitrogen and oxygen atoms in total. The number of hydrogen-bond donors (Lipinski definition) is 2. The lowest BCUT2D eigenvalue weighted by Crippen LogP contribution is -2.28. The third-order valence-electron chi connectivity index (χ3n) is 3.84. The average molecular weight is 327 g/mol. The van der Waals surface area contributed by atoms with Gasteiger partial charge in [0.05, 0.1) is 10.4 Å². The fourth-order valence-electron chi connectivity index (χ4n) is 2.77. The molecule has 2 heterocycles. The van der Waals surface area contributed by atoms with Crippen LogP contribution in [-0.2, 0) is 19.3 Å². The molecule has 0 saturated carbocycles. The molecule has 2 aromatic rings. The predicted molar refractivity (Wildman–Crippen MR) is 88.7 cm³/mol. The molecule has 0 spiro atoms. The first-order chi connectivity index (χ1) is 9.76. The molecule has 3 rings (SSSR count). The second-order valence-electron chi connectivity index (χ2n) is 5.29. The van der Waals surface area contributed by atoms with Gasteiger partial charge in [-0.2, -0.15) is 0 Å². The minimum absolute atomic E-state index is 0.196. The molecule has 1 aliphatic carbocycles. The third kappa shape index (κ3) is 3.26. The van der Waals surface area contributed by atoms with Gasteiger partial charge in [0.1, 0.15) is 0 Å². The molecule has 0 amide bonds. The fraction of sp³-hybridized carbons (Fsp3) is 0.467. The summed E-state index contributed by atoms with van der Waals surface area (Å²) in [5.74, 6) is 5.78. The Balaban J connectivity index is 1.79. The number of nitrogens with one attached hydrogen (secondary N) is 1. The van der Waals surface area contributed by atoms with Gasteiger partial charge in [0.25, 0.3) is 0 Å². The van der Waals surface area contributed by atoms with Gasteiger partial charge < -0.3 is 0 Å². The Hall–Kier alpha value is -0.390. The summed E-state index contributed by atoms with van der Waals surface area (Å²) < 4.78 is 0.845. The van der Waals surface area contributed by atoms with E-state index in [0.29, 0.717) is 0 Å². The second-order valence-corrected chi connectivity index (χ2v) is 8.26. The smallest absolute Gasteiger partial charge is 0.0931 e. The summed E-state index contributed by atoms with van der Waals surface area (Å²) in [7, 11) is 0. The quantitative estimate of drug-likeness (QED) is 0.494. The molecule has 0 saturated heterocycles. The highest BCUT2D eigenvalue weighted by Crippen LogP contribution is 2.34. The summed E-state index contributed by atoms with van der Waals surface area (Å²) in [5, 5.41) is 0. The third-order valence-corrected chi connectivity index (χ3v) is 6.45. The van der Waals surface area contributed by atoms with Crippen LogP contribution < -0.4 is 11.3 Å². The minimum Gasteiger partial charge on any atom is -0.271 e. The van der Waals surface area contributed by atoms with Crippen LogP contribution in [0.15, 0.2) is 18.2 Å². The summed E-state index contributed by atoms with van der Waals surface area (Å²) in [6.45, 7) is 0. The van der Waals surface area contributed by atoms with E-state index in [1.807, 2.05) is 17.4 Å². The first-order valence-electron chi connectivity index (χ1n) is 7.08. The molecule has 1 unspecified atom stereocenters. The van der Waals surface area contributed by atoms with E-state index in [9.17, 15) is 0 Å². The fourth-order valence-corrected chi connectivity index (χ4v) is 5.22. The number of fused-ring (bicyclic) bond motifs is 1. The standard InChI is InChI=1S/C15H19ClN2S2/c16-15-7-6-11(19-15)9-12(18-17)14-8-10-4-2-1-3-5-13(10)20-14/h6-8,12,18H,1-5,9,17H2. The van der Waals surface area contributed by atoms with Gasteiger partial charge >= 0.3 is 0 Å². The summed E-state index contributed by atoms with van der Waals surface area (Å²) in [4.78, 5) is 4.22. The predicted octanol–water partition coefficient (Wildman–Crippen LogP) is 4.48. The molecule has 20 heavy (non-hydrogen) atoms. The summed E-state index contributed by atoms with van der Waals surface area (Å²) in [6, 6.07) is 6.61. The van der Waals surface area contributed by atoms with Gasteiger partial charge in [-0.3, -0.25) is 11.3 Å². The maximum Gasteiger partial charge on any atom is 0.0931 e. The summed E-state index contributed by atoms with van der Waals surface area (Å²) in [6.07, 6.45) is 7.39. The number of halogens is 1. The van der Waals surface area contributed by atoms with E-state index in [1.165, 1.54) is 41.9 Å². The van der Waals surface area contributed by atoms with Crippen LogP contribution in [0.3, 0.4) is 0 Å². The van der Waals surface area contributed by atoms with Gasteiger partial charge in [0, 0.05) is 21.1 Å². The molecule has 2 aromatic heterocycles. The van der Waals surface area contributed by atoms with Crippen LogP contribution in [0.2, 0.25) is 4.34 Å². The zero-order chi connectivity index (χ0) is 13.9. The van der Waals surface area contributed by atoms with Crippen molar-refractivity contribution in [3.05, 3.63) is 42.7 Å². The topological polar surface area (TPSA) is 38.0 Å². The molecule has 1 aliphatic rings. The molecular weight excluding hydrogens is 308 g/mol. The monoisotopic (exact) mass is 326 g/mol. The number of thiophene rings is 2. The van der Waals surface area contributed by atoms with Crippen molar-refractivity contribution in [3.63, 3.8) is 0 Å². The second kappa shape index (κ2) is 6.58. The highest BCUT2D eigenvalue weighted by molar-refractivity contribution is 7.16. The van der Waals surface area contributed by atoms with Crippen LogP contribution in [-0.4, -0.2) is 0 Å². The van der Waals surface area contributed by atoms with E-state index in [2.05, 4.69) is 17.6 Å². The van der Waals surface area contributed by atoms with Gasteiger partial charge in [-0.1, -0.05) is 18.0 Å². The van der Waals surface area contributed by atoms with Crippen molar-refractivity contribution < 1.29 is 0 Å². The van der Waals surface area contributed by atoms with E-state index < -0.39 is 0 Å². The molecule has 0 radical (unpaired) electrons. The zero-order valence-corrected chi connectivity index (χ0v) is 13.7. The van der Waals surface area contributed by atoms with Crippen LogP contribution >= 0.6 is 34.3 Å². The molecule has 0 fully saturated rings. The van der Waals surface area contributed by atoms with E-state index in [0.717, 1.165) is 10.8 Å². The van der Waals surface area contributed by atoms with E-state index in [1.54, 1.807) is 21.8 Å². The Kier molecular flexibility index (Phi) is 4.79. The molecular formula is C15H19ClN2S2. The highest BCUT2D eigenvalue weighted by Gasteiger charge is 2.18. The van der Waals surface area contributed by atoms with Crippen molar-refractivity contribution in [2.45, 2.75) is 44.6 Å². The molecule has 3 N–H and O–H groups in total. The normalized spacial score (nSPS) is 16.7. The largest absolute Gasteiger partial charge is 0.271 e. The Bertz CT molecular complexity index is 553. The van der Waals surface area contributed by atoms with Crippen molar-refractivity contribution >= 4 is 34.3 Å². The van der Waals surface area contributed by atoms with Gasteiger partial charge in [0.2, 0.25) is 0 Å². The Morgan fingerprint density at radius 1 is 1.20 bits per heavy atom. The number of rotatable bonds is 4. The lowest BCUT2D eigenvalue weighted by atomic mass is 10.1. The Morgan fingerprint density at radius 3 is 2.80 bits per heavy atom. The first-order valence-corrected chi connectivity index (χ1v) is 9.09. The van der Waals surface area contributed by atoms with Crippen LogP contribution in [0.25, 0.3) is 0 Å². The van der Waals surface area contributed by atoms with Crippen LogP contribution in [0.1, 0.15) is 45.5 Å². The van der Waals surface area contributed by atoms with E-state index >= 15 is 0 Å². The minimum atomic E-state index is 0.196. The maximum atomic E-state index is 6.00.